The van der Waals surface area contributed by atoms with Crippen LogP contribution in [0.1, 0.15) is 4.88 Å². The van der Waals surface area contributed by atoms with E-state index < -0.39 is 22.4 Å². The predicted octanol–water partition coefficient (Wildman–Crippen LogP) is 0.319. The molecule has 0 saturated carbocycles. The molecule has 0 bridgehead atoms. The SMILES string of the molecule is NS(=O)(=O)c1ccc(CCNC(=O)C(F)F)s1. The van der Waals surface area contributed by atoms with Gasteiger partial charge in [-0.3, -0.25) is 4.79 Å². The van der Waals surface area contributed by atoms with Crippen molar-refractivity contribution in [2.24, 2.45) is 5.14 Å². The van der Waals surface area contributed by atoms with Gasteiger partial charge < -0.3 is 5.32 Å². The second-order valence-electron chi connectivity index (χ2n) is 3.11. The van der Waals surface area contributed by atoms with Crippen molar-refractivity contribution in [3.8, 4) is 0 Å². The highest BCUT2D eigenvalue weighted by atomic mass is 32.2. The van der Waals surface area contributed by atoms with Gasteiger partial charge in [0.1, 0.15) is 4.21 Å². The second-order valence-corrected chi connectivity index (χ2v) is 6.06. The summed E-state index contributed by atoms with van der Waals surface area (Å²) in [6.45, 7) is 0.0216. The van der Waals surface area contributed by atoms with E-state index in [4.69, 9.17) is 5.14 Å². The van der Waals surface area contributed by atoms with E-state index in [1.807, 2.05) is 5.32 Å². The molecular weight excluding hydrogens is 274 g/mol. The summed E-state index contributed by atoms with van der Waals surface area (Å²) >= 11 is 0.948. The Hall–Kier alpha value is -1.06. The van der Waals surface area contributed by atoms with Gasteiger partial charge in [0.2, 0.25) is 10.0 Å². The van der Waals surface area contributed by atoms with Gasteiger partial charge in [-0.25, -0.2) is 13.6 Å². The number of nitrogens with one attached hydrogen (secondary N) is 1. The van der Waals surface area contributed by atoms with E-state index in [0.717, 1.165) is 11.3 Å². The summed E-state index contributed by atoms with van der Waals surface area (Å²) in [5.74, 6) is -1.34. The van der Waals surface area contributed by atoms with Gasteiger partial charge in [-0.2, -0.15) is 8.78 Å². The number of thiophene rings is 1. The topological polar surface area (TPSA) is 89.3 Å². The van der Waals surface area contributed by atoms with Crippen molar-refractivity contribution in [3.05, 3.63) is 17.0 Å². The van der Waals surface area contributed by atoms with E-state index in [2.05, 4.69) is 0 Å². The molecule has 9 heteroatoms. The molecule has 0 spiro atoms. The van der Waals surface area contributed by atoms with Crippen LogP contribution in [0.15, 0.2) is 16.3 Å². The Bertz CT molecular complexity index is 499. The first-order valence-electron chi connectivity index (χ1n) is 4.48. The molecule has 0 aliphatic heterocycles. The number of amides is 1. The zero-order valence-corrected chi connectivity index (χ0v) is 10.2. The molecule has 0 radical (unpaired) electrons. The molecule has 96 valence electrons. The van der Waals surface area contributed by atoms with Gasteiger partial charge in [-0.1, -0.05) is 0 Å². The van der Waals surface area contributed by atoms with Crippen LogP contribution < -0.4 is 10.5 Å². The number of carbonyl (C=O) groups excluding carboxylic acids is 1. The van der Waals surface area contributed by atoms with Gasteiger partial charge in [0.25, 0.3) is 5.91 Å². The van der Waals surface area contributed by atoms with Gasteiger partial charge in [-0.05, 0) is 18.6 Å². The predicted molar refractivity (Wildman–Crippen MR) is 58.4 cm³/mol. The lowest BCUT2D eigenvalue weighted by Gasteiger charge is -2.02. The molecule has 5 nitrogen and oxygen atoms in total. The highest BCUT2D eigenvalue weighted by molar-refractivity contribution is 7.91. The number of sulfonamides is 1. The first kappa shape index (κ1) is 14.0. The standard InChI is InChI=1S/C8H10F2N2O3S2/c9-7(10)8(13)12-4-3-5-1-2-6(16-5)17(11,14)15/h1-2,7H,3-4H2,(H,12,13)(H2,11,14,15). The van der Waals surface area contributed by atoms with Crippen molar-refractivity contribution in [3.63, 3.8) is 0 Å². The lowest BCUT2D eigenvalue weighted by Crippen LogP contribution is -2.30. The Morgan fingerprint density at radius 1 is 1.47 bits per heavy atom. The second kappa shape index (κ2) is 5.52. The number of halogens is 2. The summed E-state index contributed by atoms with van der Waals surface area (Å²) in [6.07, 6.45) is -2.77. The van der Waals surface area contributed by atoms with Gasteiger partial charge in [-0.15, -0.1) is 11.3 Å². The Balaban J connectivity index is 2.49. The molecule has 1 aromatic heterocycles. The molecule has 1 aromatic rings. The Labute approximate surface area is 101 Å². The molecule has 17 heavy (non-hydrogen) atoms. The summed E-state index contributed by atoms with van der Waals surface area (Å²) in [4.78, 5) is 11.2. The molecule has 0 unspecified atom stereocenters. The maximum Gasteiger partial charge on any atom is 0.315 e. The van der Waals surface area contributed by atoms with E-state index in [9.17, 15) is 22.0 Å². The van der Waals surface area contributed by atoms with Crippen molar-refractivity contribution >= 4 is 27.3 Å². The van der Waals surface area contributed by atoms with E-state index in [1.165, 1.54) is 12.1 Å². The molecule has 0 atom stereocenters. The minimum absolute atomic E-state index is 0.00712. The van der Waals surface area contributed by atoms with Crippen LogP contribution in [0.2, 0.25) is 0 Å². The number of hydrogen-bond donors (Lipinski definition) is 2. The van der Waals surface area contributed by atoms with Crippen molar-refractivity contribution in [1.82, 2.24) is 5.32 Å². The Kier molecular flexibility index (Phi) is 4.54. The normalized spacial score (nSPS) is 11.8. The summed E-state index contributed by atoms with van der Waals surface area (Å²) in [5, 5.41) is 6.92. The average molecular weight is 284 g/mol. The highest BCUT2D eigenvalue weighted by Gasteiger charge is 2.14. The number of primary sulfonamides is 1. The zero-order chi connectivity index (χ0) is 13.1. The average Bonchev–Trinajstić information content (AvgIpc) is 2.65. The molecule has 0 saturated heterocycles. The minimum atomic E-state index is -3.73. The van der Waals surface area contributed by atoms with E-state index >= 15 is 0 Å². The van der Waals surface area contributed by atoms with E-state index in [-0.39, 0.29) is 17.2 Å². The number of alkyl halides is 2. The minimum Gasteiger partial charge on any atom is -0.351 e. The Morgan fingerprint density at radius 2 is 2.12 bits per heavy atom. The van der Waals surface area contributed by atoms with E-state index in [1.54, 1.807) is 0 Å². The molecule has 3 N–H and O–H groups in total. The van der Waals surface area contributed by atoms with Crippen molar-refractivity contribution < 1.29 is 22.0 Å². The molecular formula is C8H10F2N2O3S2. The zero-order valence-electron chi connectivity index (χ0n) is 8.52. The van der Waals surface area contributed by atoms with Gasteiger partial charge in [0, 0.05) is 11.4 Å². The fraction of sp³-hybridized carbons (Fsp3) is 0.375. The lowest BCUT2D eigenvalue weighted by molar-refractivity contribution is -0.131. The summed E-state index contributed by atoms with van der Waals surface area (Å²) in [7, 11) is -3.73. The maximum atomic E-state index is 11.8. The van der Waals surface area contributed by atoms with Gasteiger partial charge in [0.05, 0.1) is 0 Å². The smallest absolute Gasteiger partial charge is 0.315 e. The van der Waals surface area contributed by atoms with Crippen LogP contribution in [-0.4, -0.2) is 27.3 Å². The number of hydrogen-bond acceptors (Lipinski definition) is 4. The maximum absolute atomic E-state index is 11.8. The van der Waals surface area contributed by atoms with Gasteiger partial charge >= 0.3 is 6.43 Å². The monoisotopic (exact) mass is 284 g/mol. The summed E-state index contributed by atoms with van der Waals surface area (Å²) < 4.78 is 45.5. The van der Waals surface area contributed by atoms with Crippen LogP contribution in [0, 0.1) is 0 Å². The number of rotatable bonds is 5. The third kappa shape index (κ3) is 4.36. The highest BCUT2D eigenvalue weighted by Crippen LogP contribution is 2.20. The Morgan fingerprint density at radius 3 is 2.59 bits per heavy atom. The molecule has 0 fully saturated rings. The third-order valence-corrected chi connectivity index (χ3v) is 4.37. The van der Waals surface area contributed by atoms with Crippen molar-refractivity contribution in [2.75, 3.05) is 6.54 Å². The molecule has 1 amide bonds. The fourth-order valence-electron chi connectivity index (χ4n) is 1.03. The van der Waals surface area contributed by atoms with Gasteiger partial charge in [0.15, 0.2) is 0 Å². The van der Waals surface area contributed by atoms with Crippen LogP contribution in [0.5, 0.6) is 0 Å². The first-order chi connectivity index (χ1) is 7.80. The van der Waals surface area contributed by atoms with Crippen LogP contribution in [-0.2, 0) is 21.2 Å². The largest absolute Gasteiger partial charge is 0.351 e. The molecule has 0 aromatic carbocycles. The summed E-state index contributed by atoms with van der Waals surface area (Å²) in [6, 6.07) is 2.86. The quantitative estimate of drug-likeness (QED) is 0.816. The summed E-state index contributed by atoms with van der Waals surface area (Å²) in [5.41, 5.74) is 0. The van der Waals surface area contributed by atoms with Crippen molar-refractivity contribution in [1.29, 1.82) is 0 Å². The molecule has 1 rings (SSSR count). The van der Waals surface area contributed by atoms with Crippen LogP contribution in [0.3, 0.4) is 0 Å². The van der Waals surface area contributed by atoms with Crippen LogP contribution in [0.4, 0.5) is 8.78 Å². The number of nitrogens with two attached hydrogens (primary N) is 1. The van der Waals surface area contributed by atoms with E-state index in [0.29, 0.717) is 4.88 Å². The van der Waals surface area contributed by atoms with Crippen molar-refractivity contribution in [2.45, 2.75) is 17.1 Å². The fourth-order valence-corrected chi connectivity index (χ4v) is 2.81. The van der Waals surface area contributed by atoms with Crippen LogP contribution in [0.25, 0.3) is 0 Å². The number of carbonyl (C=O) groups is 1. The molecule has 0 aliphatic carbocycles. The van der Waals surface area contributed by atoms with Crippen LogP contribution >= 0.6 is 11.3 Å². The molecule has 1 heterocycles. The lowest BCUT2D eigenvalue weighted by atomic mass is 10.3. The molecule has 0 aliphatic rings. The first-order valence-corrected chi connectivity index (χ1v) is 6.84. The third-order valence-electron chi connectivity index (χ3n) is 1.79.